The van der Waals surface area contributed by atoms with Gasteiger partial charge in [0.15, 0.2) is 0 Å². The second-order valence-corrected chi connectivity index (χ2v) is 3.64. The van der Waals surface area contributed by atoms with E-state index in [2.05, 4.69) is 5.32 Å². The van der Waals surface area contributed by atoms with Gasteiger partial charge >= 0.3 is 0 Å². The predicted octanol–water partition coefficient (Wildman–Crippen LogP) is 2.91. The van der Waals surface area contributed by atoms with Gasteiger partial charge in [0.2, 0.25) is 5.22 Å². The normalized spacial score (nSPS) is 10.2. The summed E-state index contributed by atoms with van der Waals surface area (Å²) in [6.07, 6.45) is 1.30. The molecule has 17 heavy (non-hydrogen) atoms. The summed E-state index contributed by atoms with van der Waals surface area (Å²) in [6.45, 7) is 0. The van der Waals surface area contributed by atoms with Crippen LogP contribution in [0.15, 0.2) is 34.9 Å². The van der Waals surface area contributed by atoms with Gasteiger partial charge in [-0.2, -0.15) is 0 Å². The predicted molar refractivity (Wildman–Crippen MR) is 62.5 cm³/mol. The lowest BCUT2D eigenvalue weighted by molar-refractivity contribution is 0.102. The smallest absolute Gasteiger partial charge is 0.260 e. The van der Waals surface area contributed by atoms with Crippen LogP contribution in [0.3, 0.4) is 0 Å². The molecule has 0 fully saturated rings. The lowest BCUT2D eigenvalue weighted by Gasteiger charge is -2.06. The van der Waals surface area contributed by atoms with Gasteiger partial charge in [-0.05, 0) is 35.9 Å². The monoisotopic (exact) mass is 254 g/mol. The molecule has 6 heteroatoms. The highest BCUT2D eigenvalue weighted by Gasteiger charge is 2.14. The van der Waals surface area contributed by atoms with Crippen molar-refractivity contribution in [3.05, 3.63) is 47.1 Å². The van der Waals surface area contributed by atoms with Gasteiger partial charge in [0.1, 0.15) is 5.82 Å². The van der Waals surface area contributed by atoms with Crippen molar-refractivity contribution in [1.82, 2.24) is 0 Å². The number of amides is 1. The van der Waals surface area contributed by atoms with Crippen molar-refractivity contribution in [2.75, 3.05) is 11.1 Å². The van der Waals surface area contributed by atoms with E-state index in [1.165, 1.54) is 24.5 Å². The summed E-state index contributed by atoms with van der Waals surface area (Å²) in [4.78, 5) is 11.7. The highest BCUT2D eigenvalue weighted by molar-refractivity contribution is 6.32. The standard InChI is InChI=1S/C11H8ClFN2O2/c12-10-7(3-4-17-10)11(16)15-9-2-1-6(13)5-8(9)14/h1-5H,14H2,(H,15,16). The number of nitrogens with one attached hydrogen (secondary N) is 1. The molecule has 0 aliphatic rings. The Morgan fingerprint density at radius 3 is 2.76 bits per heavy atom. The first-order chi connectivity index (χ1) is 8.08. The Kier molecular flexibility index (Phi) is 3.01. The zero-order valence-electron chi connectivity index (χ0n) is 8.54. The average Bonchev–Trinajstić information content (AvgIpc) is 2.68. The Balaban J connectivity index is 2.22. The van der Waals surface area contributed by atoms with E-state index in [1.54, 1.807) is 0 Å². The first-order valence-corrected chi connectivity index (χ1v) is 5.05. The Hall–Kier alpha value is -2.01. The van der Waals surface area contributed by atoms with E-state index in [9.17, 15) is 9.18 Å². The van der Waals surface area contributed by atoms with Crippen molar-refractivity contribution >= 4 is 28.9 Å². The van der Waals surface area contributed by atoms with Crippen LogP contribution in [-0.2, 0) is 0 Å². The van der Waals surface area contributed by atoms with Gasteiger partial charge in [0, 0.05) is 0 Å². The van der Waals surface area contributed by atoms with Gasteiger partial charge in [-0.3, -0.25) is 4.79 Å². The molecule has 1 heterocycles. The minimum absolute atomic E-state index is 0.0109. The minimum Gasteiger partial charge on any atom is -0.452 e. The number of halogens is 2. The lowest BCUT2D eigenvalue weighted by Crippen LogP contribution is -2.12. The molecule has 0 aliphatic carbocycles. The molecule has 0 atom stereocenters. The maximum Gasteiger partial charge on any atom is 0.260 e. The second kappa shape index (κ2) is 4.47. The summed E-state index contributed by atoms with van der Waals surface area (Å²) in [5.41, 5.74) is 6.19. The molecule has 4 nitrogen and oxygen atoms in total. The quantitative estimate of drug-likeness (QED) is 0.810. The van der Waals surface area contributed by atoms with Crippen molar-refractivity contribution in [3.63, 3.8) is 0 Å². The molecule has 1 amide bonds. The highest BCUT2D eigenvalue weighted by atomic mass is 35.5. The Morgan fingerprint density at radius 2 is 2.18 bits per heavy atom. The molecule has 0 spiro atoms. The van der Waals surface area contributed by atoms with E-state index in [4.69, 9.17) is 21.8 Å². The molecular formula is C11H8ClFN2O2. The summed E-state index contributed by atoms with van der Waals surface area (Å²) in [6, 6.07) is 5.11. The number of benzene rings is 1. The maximum atomic E-state index is 12.8. The summed E-state index contributed by atoms with van der Waals surface area (Å²) in [5, 5.41) is 2.49. The van der Waals surface area contributed by atoms with Crippen LogP contribution >= 0.6 is 11.6 Å². The Bertz CT molecular complexity index is 568. The van der Waals surface area contributed by atoms with Crippen LogP contribution in [0.2, 0.25) is 5.22 Å². The summed E-state index contributed by atoms with van der Waals surface area (Å²) in [7, 11) is 0. The van der Waals surface area contributed by atoms with Crippen molar-refractivity contribution in [3.8, 4) is 0 Å². The van der Waals surface area contributed by atoms with Crippen molar-refractivity contribution < 1.29 is 13.6 Å². The van der Waals surface area contributed by atoms with Crippen LogP contribution in [0, 0.1) is 5.82 Å². The van der Waals surface area contributed by atoms with E-state index < -0.39 is 11.7 Å². The number of carbonyl (C=O) groups is 1. The number of nitrogens with two attached hydrogens (primary N) is 1. The van der Waals surface area contributed by atoms with Crippen LogP contribution in [0.25, 0.3) is 0 Å². The van der Waals surface area contributed by atoms with Gasteiger partial charge in [-0.1, -0.05) is 0 Å². The number of hydrogen-bond acceptors (Lipinski definition) is 3. The average molecular weight is 255 g/mol. The molecule has 2 rings (SSSR count). The number of rotatable bonds is 2. The molecule has 0 aliphatic heterocycles. The SMILES string of the molecule is Nc1cc(F)ccc1NC(=O)c1ccoc1Cl. The molecule has 1 aromatic heterocycles. The molecule has 2 aromatic rings. The first kappa shape index (κ1) is 11.5. The van der Waals surface area contributed by atoms with Crippen molar-refractivity contribution in [2.24, 2.45) is 0 Å². The molecular weight excluding hydrogens is 247 g/mol. The zero-order chi connectivity index (χ0) is 12.4. The van der Waals surface area contributed by atoms with E-state index in [1.807, 2.05) is 0 Å². The Morgan fingerprint density at radius 1 is 1.41 bits per heavy atom. The van der Waals surface area contributed by atoms with Crippen LogP contribution in [0.1, 0.15) is 10.4 Å². The minimum atomic E-state index is -0.471. The van der Waals surface area contributed by atoms with Crippen LogP contribution in [0.4, 0.5) is 15.8 Å². The zero-order valence-corrected chi connectivity index (χ0v) is 9.29. The number of anilines is 2. The Labute approximate surface area is 101 Å². The number of carbonyl (C=O) groups excluding carboxylic acids is 1. The van der Waals surface area contributed by atoms with Crippen molar-refractivity contribution in [2.45, 2.75) is 0 Å². The topological polar surface area (TPSA) is 68.3 Å². The van der Waals surface area contributed by atoms with E-state index in [-0.39, 0.29) is 16.5 Å². The van der Waals surface area contributed by atoms with Gasteiger partial charge in [-0.25, -0.2) is 4.39 Å². The highest BCUT2D eigenvalue weighted by Crippen LogP contribution is 2.22. The molecule has 0 bridgehead atoms. The third-order valence-electron chi connectivity index (χ3n) is 2.12. The molecule has 0 unspecified atom stereocenters. The lowest BCUT2D eigenvalue weighted by atomic mass is 10.2. The summed E-state index contributed by atoms with van der Waals surface area (Å²) < 4.78 is 17.6. The maximum absolute atomic E-state index is 12.8. The van der Waals surface area contributed by atoms with Crippen LogP contribution in [0.5, 0.6) is 0 Å². The number of nitrogen functional groups attached to an aromatic ring is 1. The summed E-state index contributed by atoms with van der Waals surface area (Å²) >= 11 is 5.65. The fourth-order valence-corrected chi connectivity index (χ4v) is 1.49. The second-order valence-electron chi connectivity index (χ2n) is 3.29. The largest absolute Gasteiger partial charge is 0.452 e. The first-order valence-electron chi connectivity index (χ1n) is 4.67. The van der Waals surface area contributed by atoms with Crippen molar-refractivity contribution in [1.29, 1.82) is 0 Å². The summed E-state index contributed by atoms with van der Waals surface area (Å²) in [5.74, 6) is -0.941. The number of hydrogen-bond donors (Lipinski definition) is 2. The molecule has 0 saturated carbocycles. The fraction of sp³-hybridized carbons (Fsp3) is 0. The fourth-order valence-electron chi connectivity index (χ4n) is 1.29. The van der Waals surface area contributed by atoms with Gasteiger partial charge < -0.3 is 15.5 Å². The molecule has 0 radical (unpaired) electrons. The van der Waals surface area contributed by atoms with Gasteiger partial charge in [0.25, 0.3) is 5.91 Å². The number of furan rings is 1. The van der Waals surface area contributed by atoms with E-state index in [0.29, 0.717) is 5.69 Å². The van der Waals surface area contributed by atoms with Gasteiger partial charge in [-0.15, -0.1) is 0 Å². The van der Waals surface area contributed by atoms with Gasteiger partial charge in [0.05, 0.1) is 23.2 Å². The third kappa shape index (κ3) is 2.39. The van der Waals surface area contributed by atoms with Crippen LogP contribution < -0.4 is 11.1 Å². The van der Waals surface area contributed by atoms with E-state index >= 15 is 0 Å². The molecule has 0 saturated heterocycles. The van der Waals surface area contributed by atoms with E-state index in [0.717, 1.165) is 6.07 Å². The molecule has 1 aromatic carbocycles. The van der Waals surface area contributed by atoms with Crippen LogP contribution in [-0.4, -0.2) is 5.91 Å². The third-order valence-corrected chi connectivity index (χ3v) is 2.42. The molecule has 88 valence electrons. The molecule has 3 N–H and O–H groups in total.